The summed E-state index contributed by atoms with van der Waals surface area (Å²) in [5, 5.41) is 12.3. The van der Waals surface area contributed by atoms with Gasteiger partial charge in [-0.1, -0.05) is 11.6 Å². The second-order valence-corrected chi connectivity index (χ2v) is 14.6. The van der Waals surface area contributed by atoms with Crippen molar-refractivity contribution in [1.82, 2.24) is 34.4 Å². The SMILES string of the molecule is COc1ccc2c(=O)n(-c3ccc(Cl)c4c(NS(C)(=O)=O)nn(C)c34)c([C@H](Cc3cc(F)cc(F)c3)NC(=O)Cn3ccc(C4CC4)n3)nc2c1. The smallest absolute Gasteiger partial charge is 0.266 e. The summed E-state index contributed by atoms with van der Waals surface area (Å²) in [5.74, 6) is -1.45. The fourth-order valence-electron chi connectivity index (χ4n) is 6.18. The van der Waals surface area contributed by atoms with Gasteiger partial charge in [-0.25, -0.2) is 22.2 Å². The number of nitrogens with one attached hydrogen (secondary N) is 2. The maximum Gasteiger partial charge on any atom is 0.266 e. The van der Waals surface area contributed by atoms with Crippen molar-refractivity contribution in [2.45, 2.75) is 37.8 Å². The molecule has 0 unspecified atom stereocenters. The molecular weight excluding hydrogens is 706 g/mol. The summed E-state index contributed by atoms with van der Waals surface area (Å²) in [4.78, 5) is 33.2. The number of nitrogens with zero attached hydrogens (tertiary/aromatic N) is 6. The summed E-state index contributed by atoms with van der Waals surface area (Å²) in [5.41, 5.74) is 1.19. The third kappa shape index (κ3) is 7.01. The van der Waals surface area contributed by atoms with E-state index in [4.69, 9.17) is 21.3 Å². The van der Waals surface area contributed by atoms with Crippen LogP contribution in [-0.4, -0.2) is 56.8 Å². The molecule has 3 aromatic heterocycles. The number of carbonyl (C=O) groups excluding carboxylic acids is 1. The van der Waals surface area contributed by atoms with Gasteiger partial charge in [0.2, 0.25) is 15.9 Å². The highest BCUT2D eigenvalue weighted by atomic mass is 35.5. The van der Waals surface area contributed by atoms with Crippen LogP contribution in [0.15, 0.2) is 65.6 Å². The molecule has 3 heterocycles. The number of ether oxygens (including phenoxy) is 1. The Morgan fingerprint density at radius 1 is 1.08 bits per heavy atom. The molecule has 264 valence electrons. The highest BCUT2D eigenvalue weighted by molar-refractivity contribution is 7.92. The fourth-order valence-corrected chi connectivity index (χ4v) is 6.92. The normalized spacial score (nSPS) is 13.8. The molecule has 1 aliphatic carbocycles. The first-order valence-electron chi connectivity index (χ1n) is 15.8. The topological polar surface area (TPSA) is 155 Å². The van der Waals surface area contributed by atoms with Gasteiger partial charge < -0.3 is 10.1 Å². The molecule has 2 N–H and O–H groups in total. The predicted octanol–water partition coefficient (Wildman–Crippen LogP) is 4.76. The number of anilines is 1. The van der Waals surface area contributed by atoms with Crippen molar-refractivity contribution >= 4 is 55.2 Å². The van der Waals surface area contributed by atoms with Crippen LogP contribution in [0.25, 0.3) is 27.5 Å². The Balaban J connectivity index is 1.44. The molecule has 0 bridgehead atoms. The Hall–Kier alpha value is -5.35. The Morgan fingerprint density at radius 3 is 2.51 bits per heavy atom. The zero-order valence-corrected chi connectivity index (χ0v) is 29.1. The Morgan fingerprint density at radius 2 is 1.82 bits per heavy atom. The van der Waals surface area contributed by atoms with Crippen LogP contribution in [0.3, 0.4) is 0 Å². The average Bonchev–Trinajstić information content (AvgIpc) is 3.72. The van der Waals surface area contributed by atoms with E-state index in [1.807, 2.05) is 6.07 Å². The molecule has 0 aliphatic heterocycles. The van der Waals surface area contributed by atoms with Gasteiger partial charge in [-0.05, 0) is 60.9 Å². The van der Waals surface area contributed by atoms with Gasteiger partial charge in [-0.3, -0.25) is 28.2 Å². The van der Waals surface area contributed by atoms with Crippen LogP contribution in [0.4, 0.5) is 14.6 Å². The van der Waals surface area contributed by atoms with Crippen molar-refractivity contribution in [3.05, 3.63) is 105 Å². The summed E-state index contributed by atoms with van der Waals surface area (Å²) < 4.78 is 65.3. The molecule has 1 amide bonds. The Labute approximate surface area is 294 Å². The van der Waals surface area contributed by atoms with Crippen LogP contribution < -0.4 is 20.3 Å². The number of fused-ring (bicyclic) bond motifs is 2. The molecule has 51 heavy (non-hydrogen) atoms. The molecule has 3 aromatic carbocycles. The molecule has 17 heteroatoms. The van der Waals surface area contributed by atoms with E-state index in [1.54, 1.807) is 37.5 Å². The van der Waals surface area contributed by atoms with Crippen LogP contribution in [0.2, 0.25) is 5.02 Å². The number of hydrogen-bond donors (Lipinski definition) is 2. The van der Waals surface area contributed by atoms with Crippen molar-refractivity contribution in [3.63, 3.8) is 0 Å². The second-order valence-electron chi connectivity index (χ2n) is 12.4. The van der Waals surface area contributed by atoms with Crippen LogP contribution in [0, 0.1) is 11.6 Å². The van der Waals surface area contributed by atoms with Gasteiger partial charge in [0.25, 0.3) is 5.56 Å². The minimum Gasteiger partial charge on any atom is -0.497 e. The molecule has 1 fully saturated rings. The number of hydrogen-bond acceptors (Lipinski definition) is 8. The lowest BCUT2D eigenvalue weighted by atomic mass is 10.0. The molecule has 0 spiro atoms. The van der Waals surface area contributed by atoms with Crippen LogP contribution in [-0.2, 0) is 34.8 Å². The van der Waals surface area contributed by atoms with E-state index in [-0.39, 0.29) is 62.7 Å². The van der Waals surface area contributed by atoms with Gasteiger partial charge >= 0.3 is 0 Å². The van der Waals surface area contributed by atoms with E-state index in [2.05, 4.69) is 20.2 Å². The van der Waals surface area contributed by atoms with Crippen molar-refractivity contribution in [1.29, 1.82) is 0 Å². The maximum atomic E-state index is 14.6. The van der Waals surface area contributed by atoms with Crippen molar-refractivity contribution in [2.24, 2.45) is 7.05 Å². The lowest BCUT2D eigenvalue weighted by Gasteiger charge is -2.24. The lowest BCUT2D eigenvalue weighted by Crippen LogP contribution is -2.37. The zero-order chi connectivity index (χ0) is 36.2. The summed E-state index contributed by atoms with van der Waals surface area (Å²) in [6, 6.07) is 11.4. The average molecular weight is 737 g/mol. The number of sulfonamides is 1. The molecule has 1 saturated carbocycles. The summed E-state index contributed by atoms with van der Waals surface area (Å²) in [7, 11) is -0.777. The molecule has 7 rings (SSSR count). The summed E-state index contributed by atoms with van der Waals surface area (Å²) in [6.45, 7) is -0.181. The molecule has 1 atom stereocenters. The Bertz CT molecular complexity index is 2510. The van der Waals surface area contributed by atoms with E-state index < -0.39 is 39.2 Å². The summed E-state index contributed by atoms with van der Waals surface area (Å²) in [6.07, 6.45) is 4.55. The molecular formula is C34H31ClF2N8O5S. The van der Waals surface area contributed by atoms with Crippen LogP contribution >= 0.6 is 11.6 Å². The number of benzene rings is 3. The lowest BCUT2D eigenvalue weighted by molar-refractivity contribution is -0.122. The van der Waals surface area contributed by atoms with Gasteiger partial charge in [-0.2, -0.15) is 10.2 Å². The van der Waals surface area contributed by atoms with E-state index in [0.29, 0.717) is 11.7 Å². The van der Waals surface area contributed by atoms with Crippen LogP contribution in [0.5, 0.6) is 5.75 Å². The van der Waals surface area contributed by atoms with E-state index in [0.717, 1.165) is 43.0 Å². The number of amides is 1. The highest BCUT2D eigenvalue weighted by Crippen LogP contribution is 2.39. The predicted molar refractivity (Wildman–Crippen MR) is 187 cm³/mol. The van der Waals surface area contributed by atoms with E-state index in [9.17, 15) is 26.8 Å². The fraction of sp³-hybridized carbons (Fsp3) is 0.265. The largest absolute Gasteiger partial charge is 0.497 e. The van der Waals surface area contributed by atoms with Gasteiger partial charge in [0.1, 0.15) is 29.8 Å². The third-order valence-corrected chi connectivity index (χ3v) is 9.39. The van der Waals surface area contributed by atoms with E-state index in [1.165, 1.54) is 27.1 Å². The Kier molecular flexibility index (Phi) is 8.75. The highest BCUT2D eigenvalue weighted by Gasteiger charge is 2.29. The van der Waals surface area contributed by atoms with E-state index >= 15 is 0 Å². The molecule has 0 radical (unpaired) electrons. The number of halogens is 3. The second kappa shape index (κ2) is 13.1. The first-order chi connectivity index (χ1) is 24.3. The number of aryl methyl sites for hydroxylation is 1. The standard InChI is InChI=1S/C34H31ClF2N8O5S/c1-43-31-28(9-8-24(35)30(31)32(41-43)42-51(3,48)49)45-33(39-26-16-22(50-2)6-7-23(26)34(45)47)27(14-18-12-20(36)15-21(37)13-18)38-29(46)17-44-11-10-25(40-44)19-4-5-19/h6-13,15-16,19,27H,4-5,14,17H2,1-3H3,(H,38,46)(H,41,42)/t27-/m0/s1. The minimum absolute atomic E-state index is 0.000326. The van der Waals surface area contributed by atoms with Gasteiger partial charge in [0.05, 0.1) is 57.6 Å². The molecule has 13 nitrogen and oxygen atoms in total. The zero-order valence-electron chi connectivity index (χ0n) is 27.5. The monoisotopic (exact) mass is 736 g/mol. The van der Waals surface area contributed by atoms with Crippen molar-refractivity contribution in [3.8, 4) is 11.4 Å². The van der Waals surface area contributed by atoms with Crippen molar-refractivity contribution < 1.29 is 26.7 Å². The number of carbonyl (C=O) groups is 1. The molecule has 6 aromatic rings. The minimum atomic E-state index is -3.79. The first kappa shape index (κ1) is 34.1. The van der Waals surface area contributed by atoms with Gasteiger partial charge in [0.15, 0.2) is 5.82 Å². The van der Waals surface area contributed by atoms with Gasteiger partial charge in [0, 0.05) is 37.7 Å². The number of aromatic nitrogens is 6. The van der Waals surface area contributed by atoms with Gasteiger partial charge in [-0.15, -0.1) is 0 Å². The maximum absolute atomic E-state index is 14.6. The summed E-state index contributed by atoms with van der Waals surface area (Å²) >= 11 is 6.60. The quantitative estimate of drug-likeness (QED) is 0.193. The van der Waals surface area contributed by atoms with Crippen LogP contribution in [0.1, 0.15) is 41.9 Å². The third-order valence-electron chi connectivity index (χ3n) is 8.51. The molecule has 0 saturated heterocycles. The van der Waals surface area contributed by atoms with Crippen molar-refractivity contribution in [2.75, 3.05) is 18.1 Å². The number of methoxy groups -OCH3 is 1. The molecule has 1 aliphatic rings. The number of rotatable bonds is 11. The first-order valence-corrected chi connectivity index (χ1v) is 18.1.